The fourth-order valence-corrected chi connectivity index (χ4v) is 4.38. The zero-order valence-corrected chi connectivity index (χ0v) is 23.7. The Bertz CT molecular complexity index is 811. The smallest absolute Gasteiger partial charge is 0.444 e. The monoisotopic (exact) mass is 481 g/mol. The molecule has 8 nitrogen and oxygen atoms in total. The molecule has 2 rings (SSSR count). The van der Waals surface area contributed by atoms with E-state index in [1.807, 2.05) is 59.3 Å². The van der Waals surface area contributed by atoms with Gasteiger partial charge in [0.15, 0.2) is 8.32 Å². The minimum Gasteiger partial charge on any atom is -0.444 e. The first-order chi connectivity index (χ1) is 14.7. The van der Waals surface area contributed by atoms with Gasteiger partial charge in [0.1, 0.15) is 5.60 Å². The summed E-state index contributed by atoms with van der Waals surface area (Å²) < 4.78 is 26.1. The molecule has 2 heterocycles. The first-order valence-electron chi connectivity index (χ1n) is 11.8. The maximum absolute atomic E-state index is 12.2. The highest BCUT2D eigenvalue weighted by Crippen LogP contribution is 2.38. The third-order valence-corrected chi connectivity index (χ3v) is 11.2. The van der Waals surface area contributed by atoms with Crippen LogP contribution < -0.4 is 10.8 Å². The second-order valence-electron chi connectivity index (χ2n) is 12.5. The molecule has 0 bridgehead atoms. The van der Waals surface area contributed by atoms with Crippen molar-refractivity contribution in [3.05, 3.63) is 12.4 Å². The number of ether oxygens (including phenoxy) is 1. The van der Waals surface area contributed by atoms with Crippen LogP contribution in [0.15, 0.2) is 12.4 Å². The van der Waals surface area contributed by atoms with Gasteiger partial charge in [-0.15, -0.1) is 0 Å². The van der Waals surface area contributed by atoms with Crippen molar-refractivity contribution in [2.45, 2.75) is 117 Å². The molecule has 0 saturated carbocycles. The van der Waals surface area contributed by atoms with Gasteiger partial charge in [-0.05, 0) is 66.6 Å². The molecular formula is C23H44BN3O5Si. The molecule has 10 heteroatoms. The van der Waals surface area contributed by atoms with E-state index >= 15 is 0 Å². The summed E-state index contributed by atoms with van der Waals surface area (Å²) in [7, 11) is -2.55. The van der Waals surface area contributed by atoms with Crippen molar-refractivity contribution in [2.75, 3.05) is 6.54 Å². The highest BCUT2D eigenvalue weighted by molar-refractivity contribution is 6.74. The van der Waals surface area contributed by atoms with Gasteiger partial charge in [-0.2, -0.15) is 5.10 Å². The number of amides is 1. The van der Waals surface area contributed by atoms with E-state index in [1.165, 1.54) is 0 Å². The molecule has 1 aliphatic heterocycles. The Hall–Kier alpha value is -1.36. The quantitative estimate of drug-likeness (QED) is 0.591. The minimum absolute atomic E-state index is 0.0368. The normalized spacial score (nSPS) is 19.5. The van der Waals surface area contributed by atoms with Crippen molar-refractivity contribution in [1.29, 1.82) is 0 Å². The summed E-state index contributed by atoms with van der Waals surface area (Å²) in [6, 6.07) is 0. The molecule has 33 heavy (non-hydrogen) atoms. The third-order valence-electron chi connectivity index (χ3n) is 6.71. The lowest BCUT2D eigenvalue weighted by Crippen LogP contribution is -2.48. The van der Waals surface area contributed by atoms with E-state index in [0.717, 1.165) is 5.46 Å². The van der Waals surface area contributed by atoms with Crippen LogP contribution in [-0.4, -0.2) is 60.8 Å². The van der Waals surface area contributed by atoms with Crippen LogP contribution in [0.3, 0.4) is 0 Å². The molecule has 1 fully saturated rings. The summed E-state index contributed by atoms with van der Waals surface area (Å²) in [5.41, 5.74) is -0.518. The van der Waals surface area contributed by atoms with Crippen molar-refractivity contribution < 1.29 is 23.3 Å². The predicted octanol–water partition coefficient (Wildman–Crippen LogP) is 4.10. The molecule has 1 aromatic heterocycles. The number of hydrogen-bond donors (Lipinski definition) is 1. The maximum atomic E-state index is 12.2. The molecule has 1 amide bonds. The van der Waals surface area contributed by atoms with Crippen LogP contribution in [0.25, 0.3) is 0 Å². The van der Waals surface area contributed by atoms with E-state index in [9.17, 15) is 4.79 Å². The number of hydrogen-bond acceptors (Lipinski definition) is 6. The first-order valence-corrected chi connectivity index (χ1v) is 14.7. The van der Waals surface area contributed by atoms with Crippen LogP contribution >= 0.6 is 0 Å². The summed E-state index contributed by atoms with van der Waals surface area (Å²) in [5.74, 6) is 0. The molecule has 188 valence electrons. The third kappa shape index (κ3) is 7.31. The van der Waals surface area contributed by atoms with Crippen LogP contribution in [0, 0.1) is 0 Å². The molecule has 1 N–H and O–H groups in total. The number of aromatic nitrogens is 2. The van der Waals surface area contributed by atoms with E-state index < -0.39 is 38.3 Å². The Kier molecular flexibility index (Phi) is 7.91. The average Bonchev–Trinajstić information content (AvgIpc) is 3.12. The van der Waals surface area contributed by atoms with Gasteiger partial charge in [0.25, 0.3) is 0 Å². The van der Waals surface area contributed by atoms with Crippen LogP contribution in [0.5, 0.6) is 0 Å². The van der Waals surface area contributed by atoms with Crippen LogP contribution in [0.4, 0.5) is 4.79 Å². The summed E-state index contributed by atoms with van der Waals surface area (Å²) in [6.07, 6.45) is 2.99. The lowest BCUT2D eigenvalue weighted by molar-refractivity contribution is 0.00578. The molecular weight excluding hydrogens is 437 g/mol. The fraction of sp³-hybridized carbons (Fsp3) is 0.826. The van der Waals surface area contributed by atoms with Gasteiger partial charge < -0.3 is 23.8 Å². The van der Waals surface area contributed by atoms with Gasteiger partial charge in [0.2, 0.25) is 0 Å². The minimum atomic E-state index is -2.08. The zero-order chi connectivity index (χ0) is 25.5. The summed E-state index contributed by atoms with van der Waals surface area (Å²) in [5, 5.41) is 7.42. The summed E-state index contributed by atoms with van der Waals surface area (Å²) >= 11 is 0. The van der Waals surface area contributed by atoms with Gasteiger partial charge in [0.05, 0.1) is 23.9 Å². The van der Waals surface area contributed by atoms with E-state index in [2.05, 4.69) is 44.3 Å². The van der Waals surface area contributed by atoms with Crippen LogP contribution in [0.1, 0.15) is 69.2 Å². The summed E-state index contributed by atoms with van der Waals surface area (Å²) in [6.45, 7) is 25.5. The SMILES string of the molecule is CC(C)(C)OC(=O)NCC(Cn1cc(B2OC(C)(C)C(C)(C)O2)cn1)O[Si](C)(C)C(C)(C)C. The fourth-order valence-electron chi connectivity index (χ4n) is 3.04. The number of nitrogens with one attached hydrogen (secondary N) is 1. The Morgan fingerprint density at radius 2 is 1.70 bits per heavy atom. The molecule has 1 aliphatic rings. The number of carbonyl (C=O) groups excluding carboxylic acids is 1. The first kappa shape index (κ1) is 27.9. The largest absolute Gasteiger partial charge is 0.498 e. The molecule has 0 spiro atoms. The van der Waals surface area contributed by atoms with Gasteiger partial charge in [-0.3, -0.25) is 4.68 Å². The highest BCUT2D eigenvalue weighted by Gasteiger charge is 2.52. The molecule has 0 aromatic carbocycles. The van der Waals surface area contributed by atoms with E-state index in [0.29, 0.717) is 13.1 Å². The van der Waals surface area contributed by atoms with Gasteiger partial charge in [-0.1, -0.05) is 20.8 Å². The second kappa shape index (κ2) is 9.36. The second-order valence-corrected chi connectivity index (χ2v) is 17.2. The van der Waals surface area contributed by atoms with Gasteiger partial charge >= 0.3 is 13.2 Å². The van der Waals surface area contributed by atoms with Crippen molar-refractivity contribution in [1.82, 2.24) is 15.1 Å². The molecule has 0 radical (unpaired) electrons. The Morgan fingerprint density at radius 3 is 2.18 bits per heavy atom. The number of carbonyl (C=O) groups is 1. The zero-order valence-electron chi connectivity index (χ0n) is 22.7. The molecule has 1 saturated heterocycles. The van der Waals surface area contributed by atoms with Crippen molar-refractivity contribution >= 4 is 27.0 Å². The maximum Gasteiger partial charge on any atom is 0.498 e. The highest BCUT2D eigenvalue weighted by atomic mass is 28.4. The van der Waals surface area contributed by atoms with Gasteiger partial charge in [-0.25, -0.2) is 4.79 Å². The molecule has 0 aliphatic carbocycles. The standard InChI is InChI=1S/C23H44BN3O5Si/c1-20(2,3)29-19(28)25-14-18(30-33(11,12)21(4,5)6)16-27-15-17(13-26-27)24-31-22(7,8)23(9,10)32-24/h13,15,18H,14,16H2,1-12H3,(H,25,28). The predicted molar refractivity (Wildman–Crippen MR) is 134 cm³/mol. The Balaban J connectivity index is 2.13. The van der Waals surface area contributed by atoms with Crippen LogP contribution in [-0.2, 0) is 25.0 Å². The molecule has 1 atom stereocenters. The van der Waals surface area contributed by atoms with Crippen molar-refractivity contribution in [3.8, 4) is 0 Å². The van der Waals surface area contributed by atoms with Crippen LogP contribution in [0.2, 0.25) is 18.1 Å². The topological polar surface area (TPSA) is 83.8 Å². The van der Waals surface area contributed by atoms with Crippen molar-refractivity contribution in [3.63, 3.8) is 0 Å². The lowest BCUT2D eigenvalue weighted by atomic mass is 9.82. The lowest BCUT2D eigenvalue weighted by Gasteiger charge is -2.39. The molecule has 1 aromatic rings. The van der Waals surface area contributed by atoms with E-state index in [1.54, 1.807) is 6.20 Å². The average molecular weight is 482 g/mol. The molecule has 1 unspecified atom stereocenters. The van der Waals surface area contributed by atoms with Gasteiger partial charge in [0, 0.05) is 24.4 Å². The summed E-state index contributed by atoms with van der Waals surface area (Å²) in [4.78, 5) is 12.2. The van der Waals surface area contributed by atoms with Crippen molar-refractivity contribution in [2.24, 2.45) is 0 Å². The Labute approximate surface area is 201 Å². The van der Waals surface area contributed by atoms with E-state index in [4.69, 9.17) is 18.5 Å². The Morgan fingerprint density at radius 1 is 1.15 bits per heavy atom. The number of rotatable bonds is 7. The number of alkyl carbamates (subject to hydrolysis) is 1. The number of nitrogens with zero attached hydrogens (tertiary/aromatic N) is 2. The van der Waals surface area contributed by atoms with E-state index in [-0.39, 0.29) is 11.1 Å².